The van der Waals surface area contributed by atoms with E-state index in [0.29, 0.717) is 0 Å². The number of rotatable bonds is 2. The summed E-state index contributed by atoms with van der Waals surface area (Å²) < 4.78 is 4.54. The summed E-state index contributed by atoms with van der Waals surface area (Å²) in [7, 11) is 0. The van der Waals surface area contributed by atoms with Crippen LogP contribution in [0.5, 0.6) is 0 Å². The molecule has 0 aliphatic rings. The molecule has 0 spiro atoms. The molecule has 0 bridgehead atoms. The molecule has 174 valence electrons. The highest BCUT2D eigenvalue weighted by Gasteiger charge is 2.17. The molecule has 0 N–H and O–H groups in total. The first-order valence-electron chi connectivity index (χ1n) is 12.5. The van der Waals surface area contributed by atoms with Gasteiger partial charge in [0.25, 0.3) is 0 Å². The van der Waals surface area contributed by atoms with Crippen LogP contribution in [0.4, 0.5) is 0 Å². The van der Waals surface area contributed by atoms with Gasteiger partial charge in [-0.3, -0.25) is 4.40 Å². The Hall–Kier alpha value is -4.96. The maximum absolute atomic E-state index is 4.69. The molecular weight excluding hydrogens is 452 g/mol. The molecule has 0 aliphatic heterocycles. The molecule has 8 aromatic rings. The van der Waals surface area contributed by atoms with Crippen LogP contribution in [0.1, 0.15) is 5.56 Å². The van der Waals surface area contributed by atoms with E-state index in [0.717, 1.165) is 33.6 Å². The summed E-state index contributed by atoms with van der Waals surface area (Å²) in [6.07, 6.45) is 0. The van der Waals surface area contributed by atoms with Crippen LogP contribution in [0.2, 0.25) is 0 Å². The predicted molar refractivity (Wildman–Crippen MR) is 153 cm³/mol. The van der Waals surface area contributed by atoms with Gasteiger partial charge < -0.3 is 4.57 Å². The first-order valence-corrected chi connectivity index (χ1v) is 12.5. The van der Waals surface area contributed by atoms with Crippen LogP contribution < -0.4 is 0 Å². The van der Waals surface area contributed by atoms with E-state index in [2.05, 4.69) is 141 Å². The van der Waals surface area contributed by atoms with Crippen molar-refractivity contribution in [1.29, 1.82) is 0 Å². The Balaban J connectivity index is 1.36. The third kappa shape index (κ3) is 2.84. The van der Waals surface area contributed by atoms with Crippen molar-refractivity contribution < 1.29 is 0 Å². The molecule has 4 nitrogen and oxygen atoms in total. The number of hydrogen-bond acceptors (Lipinski definition) is 2. The summed E-state index contributed by atoms with van der Waals surface area (Å²) in [4.78, 5) is 0. The van der Waals surface area contributed by atoms with Crippen molar-refractivity contribution in [3.63, 3.8) is 0 Å². The molecule has 5 aromatic carbocycles. The Morgan fingerprint density at radius 2 is 1.14 bits per heavy atom. The highest BCUT2D eigenvalue weighted by Crippen LogP contribution is 2.34. The second-order valence-electron chi connectivity index (χ2n) is 9.67. The van der Waals surface area contributed by atoms with Gasteiger partial charge in [0.15, 0.2) is 11.5 Å². The number of fused-ring (bicyclic) bond motifs is 9. The Morgan fingerprint density at radius 1 is 0.514 bits per heavy atom. The van der Waals surface area contributed by atoms with Crippen LogP contribution in [0, 0.1) is 6.92 Å². The van der Waals surface area contributed by atoms with Crippen molar-refractivity contribution in [1.82, 2.24) is 19.2 Å². The highest BCUT2D eigenvalue weighted by atomic mass is 15.2. The first-order chi connectivity index (χ1) is 18.3. The van der Waals surface area contributed by atoms with Gasteiger partial charge in [-0.1, -0.05) is 72.3 Å². The Bertz CT molecular complexity index is 2090. The zero-order valence-corrected chi connectivity index (χ0v) is 20.3. The number of pyridine rings is 1. The molecule has 3 aromatic heterocycles. The lowest BCUT2D eigenvalue weighted by molar-refractivity contribution is 1.11. The van der Waals surface area contributed by atoms with Crippen LogP contribution in [-0.2, 0) is 0 Å². The lowest BCUT2D eigenvalue weighted by Gasteiger charge is -2.11. The van der Waals surface area contributed by atoms with Crippen LogP contribution in [0.15, 0.2) is 115 Å². The largest absolute Gasteiger partial charge is 0.309 e. The van der Waals surface area contributed by atoms with Crippen molar-refractivity contribution in [2.45, 2.75) is 6.92 Å². The van der Waals surface area contributed by atoms with Gasteiger partial charge in [0.1, 0.15) is 0 Å². The fraction of sp³-hybridized carbons (Fsp3) is 0.0303. The average molecular weight is 475 g/mol. The SMILES string of the molecule is Cc1ccc2c(c1)c1ccccc1c1nnc(-c3ccc(-n4c5ccccc5c5ccccc54)cc3)n21. The van der Waals surface area contributed by atoms with Crippen molar-refractivity contribution >= 4 is 49.1 Å². The van der Waals surface area contributed by atoms with Gasteiger partial charge in [0, 0.05) is 32.8 Å². The number of para-hydroxylation sites is 2. The van der Waals surface area contributed by atoms with Crippen molar-refractivity contribution in [3.05, 3.63) is 121 Å². The fourth-order valence-corrected chi connectivity index (χ4v) is 5.81. The van der Waals surface area contributed by atoms with Crippen LogP contribution in [0.3, 0.4) is 0 Å². The summed E-state index contributed by atoms with van der Waals surface area (Å²) >= 11 is 0. The molecule has 0 unspecified atom stereocenters. The standard InChI is InChI=1S/C33H22N4/c1-21-14-19-31-28(20-21)24-8-2-3-11-27(24)33-35-34-32(37(31)33)22-15-17-23(18-16-22)36-29-12-6-4-9-25(29)26-10-5-7-13-30(26)36/h2-20H,1H3. The molecule has 0 fully saturated rings. The second-order valence-corrected chi connectivity index (χ2v) is 9.67. The summed E-state index contributed by atoms with van der Waals surface area (Å²) in [5.74, 6) is 0.850. The highest BCUT2D eigenvalue weighted by molar-refractivity contribution is 6.12. The van der Waals surface area contributed by atoms with Gasteiger partial charge in [0.05, 0.1) is 16.6 Å². The normalized spacial score (nSPS) is 11.9. The lowest BCUT2D eigenvalue weighted by Crippen LogP contribution is -1.96. The molecular formula is C33H22N4. The van der Waals surface area contributed by atoms with Gasteiger partial charge in [-0.25, -0.2) is 0 Å². The molecule has 3 heterocycles. The molecule has 8 rings (SSSR count). The lowest BCUT2D eigenvalue weighted by atomic mass is 10.0. The van der Waals surface area contributed by atoms with Gasteiger partial charge in [-0.05, 0) is 60.8 Å². The molecule has 0 saturated heterocycles. The second kappa shape index (κ2) is 7.52. The Kier molecular flexibility index (Phi) is 4.12. The minimum absolute atomic E-state index is 0.850. The van der Waals surface area contributed by atoms with Crippen LogP contribution in [-0.4, -0.2) is 19.2 Å². The van der Waals surface area contributed by atoms with Crippen molar-refractivity contribution in [2.24, 2.45) is 0 Å². The smallest absolute Gasteiger partial charge is 0.169 e. The van der Waals surface area contributed by atoms with E-state index in [1.807, 2.05) is 0 Å². The van der Waals surface area contributed by atoms with Crippen LogP contribution >= 0.6 is 0 Å². The zero-order chi connectivity index (χ0) is 24.5. The van der Waals surface area contributed by atoms with E-state index in [4.69, 9.17) is 0 Å². The number of hydrogen-bond donors (Lipinski definition) is 0. The van der Waals surface area contributed by atoms with Gasteiger partial charge in [-0.2, -0.15) is 0 Å². The molecule has 37 heavy (non-hydrogen) atoms. The number of aromatic nitrogens is 4. The minimum Gasteiger partial charge on any atom is -0.309 e. The van der Waals surface area contributed by atoms with Crippen molar-refractivity contribution in [2.75, 3.05) is 0 Å². The summed E-state index contributed by atoms with van der Waals surface area (Å²) in [5, 5.41) is 15.4. The fourth-order valence-electron chi connectivity index (χ4n) is 5.81. The molecule has 0 amide bonds. The van der Waals surface area contributed by atoms with E-state index in [1.165, 1.54) is 38.1 Å². The van der Waals surface area contributed by atoms with E-state index in [-0.39, 0.29) is 0 Å². The molecule has 0 atom stereocenters. The number of aryl methyl sites for hydroxylation is 1. The van der Waals surface area contributed by atoms with Crippen LogP contribution in [0.25, 0.3) is 66.2 Å². The first kappa shape index (κ1) is 20.3. The average Bonchev–Trinajstić information content (AvgIpc) is 3.54. The zero-order valence-electron chi connectivity index (χ0n) is 20.3. The van der Waals surface area contributed by atoms with Gasteiger partial charge in [-0.15, -0.1) is 10.2 Å². The minimum atomic E-state index is 0.850. The van der Waals surface area contributed by atoms with Gasteiger partial charge in [0.2, 0.25) is 0 Å². The third-order valence-corrected chi connectivity index (χ3v) is 7.48. The molecule has 4 heteroatoms. The number of benzene rings is 5. The molecule has 0 aliphatic carbocycles. The molecule has 0 saturated carbocycles. The van der Waals surface area contributed by atoms with E-state index in [9.17, 15) is 0 Å². The van der Waals surface area contributed by atoms with E-state index >= 15 is 0 Å². The summed E-state index contributed by atoms with van der Waals surface area (Å²) in [6.45, 7) is 2.14. The monoisotopic (exact) mass is 474 g/mol. The third-order valence-electron chi connectivity index (χ3n) is 7.48. The van der Waals surface area contributed by atoms with E-state index in [1.54, 1.807) is 0 Å². The quantitative estimate of drug-likeness (QED) is 0.237. The van der Waals surface area contributed by atoms with E-state index < -0.39 is 0 Å². The Morgan fingerprint density at radius 3 is 1.84 bits per heavy atom. The van der Waals surface area contributed by atoms with Gasteiger partial charge >= 0.3 is 0 Å². The maximum atomic E-state index is 4.69. The summed E-state index contributed by atoms with van der Waals surface area (Å²) in [5.41, 5.74) is 7.81. The predicted octanol–water partition coefficient (Wildman–Crippen LogP) is 8.11. The Labute approximate surface area is 213 Å². The molecule has 0 radical (unpaired) electrons. The summed E-state index contributed by atoms with van der Waals surface area (Å²) in [6, 6.07) is 40.9. The number of nitrogens with zero attached hydrogens (tertiary/aromatic N) is 4. The topological polar surface area (TPSA) is 35.1 Å². The van der Waals surface area contributed by atoms with Crippen molar-refractivity contribution in [3.8, 4) is 17.1 Å². The maximum Gasteiger partial charge on any atom is 0.169 e.